The van der Waals surface area contributed by atoms with Gasteiger partial charge in [-0.25, -0.2) is 0 Å². The van der Waals surface area contributed by atoms with Gasteiger partial charge in [-0.2, -0.15) is 0 Å². The van der Waals surface area contributed by atoms with Gasteiger partial charge in [0, 0.05) is 39.4 Å². The number of fused-ring (bicyclic) bond motifs is 2. The molecule has 2 N–H and O–H groups in total. The zero-order valence-corrected chi connectivity index (χ0v) is 27.7. The number of benzene rings is 1. The molecule has 0 radical (unpaired) electrons. The highest BCUT2D eigenvalue weighted by Crippen LogP contribution is 2.46. The van der Waals surface area contributed by atoms with Gasteiger partial charge in [0.1, 0.15) is 6.29 Å². The van der Waals surface area contributed by atoms with Crippen molar-refractivity contribution in [3.05, 3.63) is 60.7 Å². The molecule has 1 aromatic heterocycles. The fraction of sp³-hybridized carbons (Fsp3) is 0.581. The molecule has 1 amide bonds. The topological polar surface area (TPSA) is 76.3 Å². The Balaban J connectivity index is 0.000000319. The van der Waals surface area contributed by atoms with Crippen molar-refractivity contribution in [3.8, 4) is 0 Å². The standard InChI is InChI=1S/C20H21Br2ClN2.C9H18O.C2H5NO/c1-25-6-4-12(5-7-25)19-18-13(9-16(23)10-17(18)22)2-3-14-8-15(21)11-24-20(14)19;1-3-5-9(6-4-2)7-8-10;1-2(3)4/h8-12,19H,2-7H2,1H3;8-9H,3-7H2,1-2H3;1H3,(H2,3,4). The monoisotopic (exact) mass is 683 g/mol. The first-order valence-corrected chi connectivity index (χ1v) is 16.1. The summed E-state index contributed by atoms with van der Waals surface area (Å²) in [6.07, 6.45) is 13.1. The third kappa shape index (κ3) is 10.9. The molecule has 216 valence electrons. The highest BCUT2D eigenvalue weighted by atomic mass is 79.9. The quantitative estimate of drug-likeness (QED) is 0.299. The van der Waals surface area contributed by atoms with Crippen molar-refractivity contribution in [2.45, 2.75) is 84.5 Å². The van der Waals surface area contributed by atoms with Crippen LogP contribution in [0.15, 0.2) is 33.3 Å². The number of piperidine rings is 1. The SMILES string of the molecule is CC(N)=O.CCCC(CC=O)CCC.CN1CCC(C2c3ncc(Br)cc3CCc3cc(Cl)cc(Br)c32)CC1. The van der Waals surface area contributed by atoms with Crippen molar-refractivity contribution in [1.29, 1.82) is 0 Å². The van der Waals surface area contributed by atoms with E-state index in [-0.39, 0.29) is 5.91 Å². The number of amides is 1. The average Bonchev–Trinajstić information content (AvgIpc) is 3.02. The van der Waals surface area contributed by atoms with E-state index in [9.17, 15) is 9.59 Å². The lowest BCUT2D eigenvalue weighted by molar-refractivity contribution is -0.116. The molecule has 39 heavy (non-hydrogen) atoms. The minimum absolute atomic E-state index is 0.333. The molecule has 1 saturated heterocycles. The number of likely N-dealkylation sites (tertiary alicyclic amines) is 1. The van der Waals surface area contributed by atoms with E-state index < -0.39 is 0 Å². The Hall–Kier alpha value is -1.28. The average molecular weight is 686 g/mol. The molecule has 1 aliphatic carbocycles. The Labute approximate surface area is 256 Å². The number of nitrogens with two attached hydrogens (primary N) is 1. The lowest BCUT2D eigenvalue weighted by atomic mass is 9.76. The first-order valence-electron chi connectivity index (χ1n) is 14.1. The second-order valence-electron chi connectivity index (χ2n) is 10.7. The molecular formula is C31H44Br2ClN3O2. The zero-order valence-electron chi connectivity index (χ0n) is 23.8. The van der Waals surface area contributed by atoms with Gasteiger partial charge in [0.05, 0.1) is 5.69 Å². The first kappa shape index (κ1) is 33.9. The zero-order chi connectivity index (χ0) is 28.9. The Kier molecular flexibility index (Phi) is 15.2. The van der Waals surface area contributed by atoms with Crippen molar-refractivity contribution >= 4 is 55.7 Å². The summed E-state index contributed by atoms with van der Waals surface area (Å²) in [6.45, 7) is 7.97. The fourth-order valence-corrected chi connectivity index (χ4v) is 7.22. The summed E-state index contributed by atoms with van der Waals surface area (Å²) in [5.74, 6) is 1.30. The lowest BCUT2D eigenvalue weighted by Crippen LogP contribution is -2.33. The predicted molar refractivity (Wildman–Crippen MR) is 169 cm³/mol. The molecule has 8 heteroatoms. The number of hydrogen-bond acceptors (Lipinski definition) is 4. The Bertz CT molecular complexity index is 1060. The van der Waals surface area contributed by atoms with E-state index in [1.54, 1.807) is 0 Å². The number of carbonyl (C=O) groups is 2. The highest BCUT2D eigenvalue weighted by molar-refractivity contribution is 9.10. The molecule has 2 aromatic rings. The number of halogens is 3. The van der Waals surface area contributed by atoms with Crippen molar-refractivity contribution in [2.75, 3.05) is 20.1 Å². The van der Waals surface area contributed by atoms with Crippen molar-refractivity contribution in [2.24, 2.45) is 17.6 Å². The molecule has 2 heterocycles. The van der Waals surface area contributed by atoms with Crippen LogP contribution in [0.1, 0.15) is 94.0 Å². The second-order valence-corrected chi connectivity index (χ2v) is 12.9. The number of aryl methyl sites for hydroxylation is 2. The number of aldehydes is 1. The third-order valence-corrected chi connectivity index (χ3v) is 8.78. The van der Waals surface area contributed by atoms with Gasteiger partial charge >= 0.3 is 0 Å². The number of hydrogen-bond donors (Lipinski definition) is 1. The molecule has 1 unspecified atom stereocenters. The maximum atomic E-state index is 10.2. The first-order chi connectivity index (χ1) is 18.6. The van der Waals surface area contributed by atoms with E-state index in [2.05, 4.69) is 75.5 Å². The highest BCUT2D eigenvalue weighted by Gasteiger charge is 2.35. The minimum Gasteiger partial charge on any atom is -0.370 e. The molecule has 0 spiro atoms. The van der Waals surface area contributed by atoms with Crippen LogP contribution < -0.4 is 5.73 Å². The van der Waals surface area contributed by atoms with Crippen molar-refractivity contribution < 1.29 is 9.59 Å². The van der Waals surface area contributed by atoms with Gasteiger partial charge in [0.25, 0.3) is 0 Å². The van der Waals surface area contributed by atoms with E-state index in [1.807, 2.05) is 12.3 Å². The molecule has 1 aliphatic heterocycles. The van der Waals surface area contributed by atoms with Crippen molar-refractivity contribution in [3.63, 3.8) is 0 Å². The number of primary amides is 1. The van der Waals surface area contributed by atoms with Gasteiger partial charge < -0.3 is 15.4 Å². The van der Waals surface area contributed by atoms with Crippen LogP contribution in [0.2, 0.25) is 5.02 Å². The minimum atomic E-state index is -0.333. The number of rotatable bonds is 7. The Morgan fingerprint density at radius 3 is 2.28 bits per heavy atom. The Morgan fingerprint density at radius 1 is 1.13 bits per heavy atom. The second kappa shape index (κ2) is 17.5. The normalized spacial score (nSPS) is 17.1. The van der Waals surface area contributed by atoms with Crippen LogP contribution in [0.3, 0.4) is 0 Å². The van der Waals surface area contributed by atoms with Crippen LogP contribution in [-0.4, -0.2) is 42.2 Å². The van der Waals surface area contributed by atoms with Gasteiger partial charge in [-0.15, -0.1) is 0 Å². The predicted octanol–water partition coefficient (Wildman–Crippen LogP) is 8.12. The van der Waals surface area contributed by atoms with Gasteiger partial charge in [-0.1, -0.05) is 67.1 Å². The van der Waals surface area contributed by atoms with Gasteiger partial charge in [-0.05, 0) is 108 Å². The summed E-state index contributed by atoms with van der Waals surface area (Å²) >= 11 is 13.8. The van der Waals surface area contributed by atoms with Crippen LogP contribution in [0.5, 0.6) is 0 Å². The molecule has 0 bridgehead atoms. The van der Waals surface area contributed by atoms with Crippen LogP contribution in [0.25, 0.3) is 0 Å². The van der Waals surface area contributed by atoms with Crippen LogP contribution in [-0.2, 0) is 22.4 Å². The molecular weight excluding hydrogens is 642 g/mol. The fourth-order valence-electron chi connectivity index (χ4n) is 5.72. The van der Waals surface area contributed by atoms with E-state index in [4.69, 9.17) is 16.6 Å². The molecule has 1 fully saturated rings. The van der Waals surface area contributed by atoms with Crippen LogP contribution in [0, 0.1) is 11.8 Å². The summed E-state index contributed by atoms with van der Waals surface area (Å²) in [6, 6.07) is 6.46. The number of pyridine rings is 1. The maximum absolute atomic E-state index is 10.2. The molecule has 0 saturated carbocycles. The largest absolute Gasteiger partial charge is 0.370 e. The van der Waals surface area contributed by atoms with Crippen LogP contribution in [0.4, 0.5) is 0 Å². The molecule has 1 aromatic carbocycles. The van der Waals surface area contributed by atoms with Crippen LogP contribution >= 0.6 is 43.5 Å². The molecule has 1 atom stereocenters. The maximum Gasteiger partial charge on any atom is 0.214 e. The summed E-state index contributed by atoms with van der Waals surface area (Å²) in [4.78, 5) is 26.7. The Morgan fingerprint density at radius 2 is 1.72 bits per heavy atom. The van der Waals surface area contributed by atoms with E-state index in [1.165, 1.54) is 67.8 Å². The van der Waals surface area contributed by atoms with Crippen molar-refractivity contribution in [1.82, 2.24) is 9.88 Å². The molecule has 4 rings (SSSR count). The number of nitrogens with zero attached hydrogens (tertiary/aromatic N) is 2. The lowest BCUT2D eigenvalue weighted by Gasteiger charge is -2.35. The number of carbonyl (C=O) groups excluding carboxylic acids is 2. The summed E-state index contributed by atoms with van der Waals surface area (Å²) in [7, 11) is 2.22. The third-order valence-electron chi connectivity index (χ3n) is 7.48. The smallest absolute Gasteiger partial charge is 0.214 e. The number of aromatic nitrogens is 1. The van der Waals surface area contributed by atoms with Gasteiger partial charge in [-0.3, -0.25) is 9.78 Å². The summed E-state index contributed by atoms with van der Waals surface area (Å²) in [5, 5.41) is 0.813. The van der Waals surface area contributed by atoms with Gasteiger partial charge in [0.15, 0.2) is 0 Å². The van der Waals surface area contributed by atoms with E-state index >= 15 is 0 Å². The van der Waals surface area contributed by atoms with E-state index in [0.29, 0.717) is 17.8 Å². The summed E-state index contributed by atoms with van der Waals surface area (Å²) in [5.41, 5.74) is 9.89. The summed E-state index contributed by atoms with van der Waals surface area (Å²) < 4.78 is 2.20. The molecule has 2 aliphatic rings. The van der Waals surface area contributed by atoms with Gasteiger partial charge in [0.2, 0.25) is 5.91 Å². The molecule has 5 nitrogen and oxygen atoms in total. The van der Waals surface area contributed by atoms with E-state index in [0.717, 1.165) is 52.6 Å².